The van der Waals surface area contributed by atoms with E-state index in [1.165, 1.54) is 10.8 Å². The summed E-state index contributed by atoms with van der Waals surface area (Å²) in [4.78, 5) is 35.7. The molecule has 1 unspecified atom stereocenters. The number of aromatic nitrogens is 2. The van der Waals surface area contributed by atoms with E-state index in [1.54, 1.807) is 19.1 Å². The molecule has 0 saturated carbocycles. The van der Waals surface area contributed by atoms with Crippen molar-refractivity contribution in [3.63, 3.8) is 0 Å². The lowest BCUT2D eigenvalue weighted by atomic mass is 10.1. The van der Waals surface area contributed by atoms with E-state index in [-0.39, 0.29) is 24.3 Å². The maximum atomic E-state index is 12.6. The zero-order valence-corrected chi connectivity index (χ0v) is 12.0. The average Bonchev–Trinajstić information content (AvgIpc) is 2.43. The lowest BCUT2D eigenvalue weighted by Gasteiger charge is -2.22. The highest BCUT2D eigenvalue weighted by molar-refractivity contribution is 5.99. The summed E-state index contributed by atoms with van der Waals surface area (Å²) in [6.45, 7) is 7.20. The fourth-order valence-electron chi connectivity index (χ4n) is 2.46. The Labute approximate surface area is 121 Å². The van der Waals surface area contributed by atoms with E-state index in [0.717, 1.165) is 5.22 Å². The molecule has 1 atom stereocenters. The van der Waals surface area contributed by atoms with Crippen molar-refractivity contribution in [2.75, 3.05) is 0 Å². The van der Waals surface area contributed by atoms with Crippen LogP contribution in [0.15, 0.2) is 17.4 Å². The minimum atomic E-state index is -0.753. The number of rotatable bonds is 2. The van der Waals surface area contributed by atoms with Gasteiger partial charge in [0, 0.05) is 11.6 Å². The summed E-state index contributed by atoms with van der Waals surface area (Å²) in [5, 5.41) is 7.65. The lowest BCUT2D eigenvalue weighted by Crippen LogP contribution is -2.52. The Morgan fingerprint density at radius 3 is 2.62 bits per heavy atom. The summed E-state index contributed by atoms with van der Waals surface area (Å²) in [6.07, 6.45) is 5.41. The van der Waals surface area contributed by atoms with Crippen molar-refractivity contribution in [2.24, 2.45) is 0 Å². The second-order valence-electron chi connectivity index (χ2n) is 4.82. The zero-order valence-electron chi connectivity index (χ0n) is 12.0. The van der Waals surface area contributed by atoms with Gasteiger partial charge in [0.2, 0.25) is 5.91 Å². The molecule has 0 aliphatic carbocycles. The minimum Gasteiger partial charge on any atom is -0.295 e. The normalized spacial score (nSPS) is 20.6. The molecule has 1 aromatic rings. The SMILES string of the molecule is C=C/C=c1/c(=O)n(C2CCC(=O)NC2=O)nc(C)/c1=C/C. The average molecular weight is 287 g/mol. The molecule has 1 aliphatic heterocycles. The maximum Gasteiger partial charge on any atom is 0.275 e. The minimum absolute atomic E-state index is 0.200. The van der Waals surface area contributed by atoms with Crippen LogP contribution in [0.4, 0.5) is 0 Å². The van der Waals surface area contributed by atoms with Crippen LogP contribution in [0.25, 0.3) is 12.2 Å². The van der Waals surface area contributed by atoms with Crippen LogP contribution in [0.5, 0.6) is 0 Å². The van der Waals surface area contributed by atoms with Crippen LogP contribution >= 0.6 is 0 Å². The van der Waals surface area contributed by atoms with Crippen LogP contribution in [0.2, 0.25) is 0 Å². The fraction of sp³-hybridized carbons (Fsp3) is 0.333. The van der Waals surface area contributed by atoms with Gasteiger partial charge in [-0.05, 0) is 26.3 Å². The van der Waals surface area contributed by atoms with Crippen molar-refractivity contribution >= 4 is 24.0 Å². The molecule has 6 nitrogen and oxygen atoms in total. The van der Waals surface area contributed by atoms with Gasteiger partial charge in [0.25, 0.3) is 11.5 Å². The molecular weight excluding hydrogens is 270 g/mol. The summed E-state index contributed by atoms with van der Waals surface area (Å²) < 4.78 is 1.17. The van der Waals surface area contributed by atoms with E-state index >= 15 is 0 Å². The standard InChI is InChI=1S/C15H17N3O3/c1-4-6-11-10(5-2)9(3)17-18(15(11)21)12-7-8-13(19)16-14(12)20/h4-6,12H,1,7-8H2,2-3H3,(H,16,19,20)/b10-5-,11-6+. The smallest absolute Gasteiger partial charge is 0.275 e. The first kappa shape index (κ1) is 14.9. The van der Waals surface area contributed by atoms with Crippen molar-refractivity contribution in [3.8, 4) is 0 Å². The molecule has 1 N–H and O–H groups in total. The van der Waals surface area contributed by atoms with Crippen LogP contribution in [-0.4, -0.2) is 21.6 Å². The summed E-state index contributed by atoms with van der Waals surface area (Å²) in [7, 11) is 0. The summed E-state index contributed by atoms with van der Waals surface area (Å²) in [5.41, 5.74) is 0.290. The highest BCUT2D eigenvalue weighted by atomic mass is 16.2. The quantitative estimate of drug-likeness (QED) is 0.729. The van der Waals surface area contributed by atoms with Crippen molar-refractivity contribution in [1.82, 2.24) is 15.1 Å². The van der Waals surface area contributed by atoms with Crippen molar-refractivity contribution in [2.45, 2.75) is 32.7 Å². The van der Waals surface area contributed by atoms with Gasteiger partial charge in [-0.15, -0.1) is 0 Å². The molecule has 0 bridgehead atoms. The third kappa shape index (κ3) is 2.69. The zero-order chi connectivity index (χ0) is 15.6. The van der Waals surface area contributed by atoms with Crippen LogP contribution < -0.4 is 21.3 Å². The number of hydrogen-bond donors (Lipinski definition) is 1. The van der Waals surface area contributed by atoms with Crippen molar-refractivity contribution in [1.29, 1.82) is 0 Å². The molecule has 2 rings (SSSR count). The van der Waals surface area contributed by atoms with Gasteiger partial charge >= 0.3 is 0 Å². The van der Waals surface area contributed by atoms with Gasteiger partial charge in [-0.3, -0.25) is 19.7 Å². The second kappa shape index (κ2) is 5.87. The highest BCUT2D eigenvalue weighted by Gasteiger charge is 2.29. The van der Waals surface area contributed by atoms with E-state index in [2.05, 4.69) is 17.0 Å². The van der Waals surface area contributed by atoms with Gasteiger partial charge in [0.1, 0.15) is 6.04 Å². The highest BCUT2D eigenvalue weighted by Crippen LogP contribution is 2.14. The van der Waals surface area contributed by atoms with Gasteiger partial charge in [0.05, 0.1) is 10.9 Å². The number of piperidine rings is 1. The summed E-state index contributed by atoms with van der Waals surface area (Å²) in [6, 6.07) is -0.753. The number of hydrogen-bond acceptors (Lipinski definition) is 4. The molecule has 0 radical (unpaired) electrons. The number of allylic oxidation sites excluding steroid dienone is 1. The topological polar surface area (TPSA) is 81.1 Å². The first-order valence-electron chi connectivity index (χ1n) is 6.71. The third-order valence-electron chi connectivity index (χ3n) is 3.45. The predicted octanol–water partition coefficient (Wildman–Crippen LogP) is -0.704. The van der Waals surface area contributed by atoms with E-state index in [0.29, 0.717) is 10.9 Å². The molecule has 1 aromatic heterocycles. The summed E-state index contributed by atoms with van der Waals surface area (Å²) >= 11 is 0. The molecule has 0 aromatic carbocycles. The van der Waals surface area contributed by atoms with Gasteiger partial charge in [-0.25, -0.2) is 4.68 Å². The Morgan fingerprint density at radius 1 is 1.33 bits per heavy atom. The molecule has 2 amide bonds. The molecule has 1 fully saturated rings. The molecule has 2 heterocycles. The third-order valence-corrected chi connectivity index (χ3v) is 3.45. The van der Waals surface area contributed by atoms with E-state index < -0.39 is 11.9 Å². The van der Waals surface area contributed by atoms with Crippen molar-refractivity contribution in [3.05, 3.63) is 39.1 Å². The first-order chi connectivity index (χ1) is 9.99. The molecule has 0 spiro atoms. The number of amides is 2. The number of nitrogens with zero attached hydrogens (tertiary/aromatic N) is 2. The van der Waals surface area contributed by atoms with Gasteiger partial charge in [0.15, 0.2) is 0 Å². The molecule has 1 saturated heterocycles. The monoisotopic (exact) mass is 287 g/mol. The molecule has 6 heteroatoms. The molecule has 21 heavy (non-hydrogen) atoms. The number of aryl methyl sites for hydroxylation is 1. The second-order valence-corrected chi connectivity index (χ2v) is 4.82. The fourth-order valence-corrected chi connectivity index (χ4v) is 2.46. The van der Waals surface area contributed by atoms with E-state index in [1.807, 2.05) is 6.92 Å². The van der Waals surface area contributed by atoms with E-state index in [4.69, 9.17) is 0 Å². The lowest BCUT2D eigenvalue weighted by molar-refractivity contribution is -0.136. The Bertz CT molecular complexity index is 790. The summed E-state index contributed by atoms with van der Waals surface area (Å²) in [5.74, 6) is -0.810. The number of nitrogens with one attached hydrogen (secondary N) is 1. The largest absolute Gasteiger partial charge is 0.295 e. The van der Waals surface area contributed by atoms with E-state index in [9.17, 15) is 14.4 Å². The number of carbonyl (C=O) groups is 2. The molecule has 110 valence electrons. The Morgan fingerprint density at radius 2 is 2.05 bits per heavy atom. The Balaban J connectivity index is 2.70. The Kier molecular flexibility index (Phi) is 4.16. The van der Waals surface area contributed by atoms with Gasteiger partial charge in [-0.1, -0.05) is 18.7 Å². The molecule has 1 aliphatic rings. The molecular formula is C15H17N3O3. The first-order valence-corrected chi connectivity index (χ1v) is 6.71. The van der Waals surface area contributed by atoms with Crippen molar-refractivity contribution < 1.29 is 9.59 Å². The maximum absolute atomic E-state index is 12.6. The van der Waals surface area contributed by atoms with Crippen LogP contribution in [0.1, 0.15) is 31.5 Å². The Hall–Kier alpha value is -2.50. The predicted molar refractivity (Wildman–Crippen MR) is 78.7 cm³/mol. The number of carbonyl (C=O) groups excluding carboxylic acids is 2. The van der Waals surface area contributed by atoms with Crippen LogP contribution in [0.3, 0.4) is 0 Å². The van der Waals surface area contributed by atoms with Gasteiger partial charge < -0.3 is 0 Å². The van der Waals surface area contributed by atoms with Crippen LogP contribution in [0, 0.1) is 6.92 Å². The van der Waals surface area contributed by atoms with Crippen LogP contribution in [-0.2, 0) is 9.59 Å². The number of imide groups is 1. The van der Waals surface area contributed by atoms with Gasteiger partial charge in [-0.2, -0.15) is 5.10 Å².